The lowest BCUT2D eigenvalue weighted by Gasteiger charge is -2.24. The number of esters is 1. The number of aromatic nitrogens is 2. The van der Waals surface area contributed by atoms with Gasteiger partial charge in [0.1, 0.15) is 12.3 Å². The van der Waals surface area contributed by atoms with Crippen molar-refractivity contribution in [2.75, 3.05) is 20.3 Å². The number of Topliss-reactive ketones (excluding diaryl/α,β-unsaturated/α-hetero) is 1. The van der Waals surface area contributed by atoms with Gasteiger partial charge >= 0.3 is 5.97 Å². The lowest BCUT2D eigenvalue weighted by molar-refractivity contribution is -0.141. The first-order chi connectivity index (χ1) is 14.7. The minimum Gasteiger partial charge on any atom is -0.459 e. The van der Waals surface area contributed by atoms with E-state index in [1.807, 2.05) is 12.1 Å². The zero-order chi connectivity index (χ0) is 20.9. The minimum absolute atomic E-state index is 0.0655. The quantitative estimate of drug-likeness (QED) is 0.313. The van der Waals surface area contributed by atoms with Crippen molar-refractivity contribution < 1.29 is 23.8 Å². The van der Waals surface area contributed by atoms with Gasteiger partial charge in [-0.3, -0.25) is 4.79 Å². The van der Waals surface area contributed by atoms with Crippen molar-refractivity contribution in [1.29, 1.82) is 0 Å². The molecule has 158 valence electrons. The predicted octanol–water partition coefficient (Wildman–Crippen LogP) is 2.83. The Morgan fingerprint density at radius 2 is 2.17 bits per heavy atom. The molecule has 8 heteroatoms. The molecule has 30 heavy (non-hydrogen) atoms. The van der Waals surface area contributed by atoms with Crippen LogP contribution in [0.15, 0.2) is 41.7 Å². The molecule has 0 bridgehead atoms. The first kappa shape index (κ1) is 20.2. The van der Waals surface area contributed by atoms with Crippen molar-refractivity contribution in [3.63, 3.8) is 0 Å². The van der Waals surface area contributed by atoms with Gasteiger partial charge in [-0.2, -0.15) is 0 Å². The van der Waals surface area contributed by atoms with Crippen LogP contribution < -0.4 is 5.32 Å². The maximum absolute atomic E-state index is 13.0. The third-order valence-corrected chi connectivity index (χ3v) is 5.32. The van der Waals surface area contributed by atoms with E-state index < -0.39 is 11.8 Å². The number of carbonyl (C=O) groups excluding carboxylic acids is 2. The fraction of sp³-hybridized carbons (Fsp3) is 0.409. The van der Waals surface area contributed by atoms with Crippen LogP contribution in [0.5, 0.6) is 0 Å². The molecule has 1 aliphatic heterocycles. The van der Waals surface area contributed by atoms with E-state index in [1.54, 1.807) is 18.5 Å². The van der Waals surface area contributed by atoms with Crippen molar-refractivity contribution in [2.24, 2.45) is 0 Å². The molecule has 2 aromatic rings. The predicted molar refractivity (Wildman–Crippen MR) is 110 cm³/mol. The summed E-state index contributed by atoms with van der Waals surface area (Å²) in [5.41, 5.74) is 1.37. The number of aromatic amines is 1. The van der Waals surface area contributed by atoms with E-state index >= 15 is 0 Å². The van der Waals surface area contributed by atoms with Crippen LogP contribution in [0, 0.1) is 0 Å². The van der Waals surface area contributed by atoms with Gasteiger partial charge in [0.25, 0.3) is 0 Å². The molecule has 0 unspecified atom stereocenters. The largest absolute Gasteiger partial charge is 0.459 e. The molecule has 1 fully saturated rings. The van der Waals surface area contributed by atoms with Crippen LogP contribution in [0.1, 0.15) is 37.7 Å². The standard InChI is InChI=1S/C22H25N3O5/c1-28-10-11-29-22(27)18-19(26)17(30-21(18)25-15-6-3-2-4-7-15)12-14-13-24-20-16(14)8-5-9-23-20/h5,8-9,12-13,15,25H,2-4,6-7,10-11H2,1H3,(H,23,24). The van der Waals surface area contributed by atoms with Crippen LogP contribution in [-0.2, 0) is 23.8 Å². The summed E-state index contributed by atoms with van der Waals surface area (Å²) in [5, 5.41) is 4.12. The summed E-state index contributed by atoms with van der Waals surface area (Å²) in [4.78, 5) is 33.0. The molecular weight excluding hydrogens is 386 g/mol. The molecule has 2 N–H and O–H groups in total. The van der Waals surface area contributed by atoms with E-state index in [4.69, 9.17) is 14.2 Å². The summed E-state index contributed by atoms with van der Waals surface area (Å²) < 4.78 is 16.0. The molecule has 1 aliphatic carbocycles. The van der Waals surface area contributed by atoms with E-state index in [0.29, 0.717) is 5.65 Å². The number of rotatable bonds is 7. The van der Waals surface area contributed by atoms with Crippen LogP contribution in [0.2, 0.25) is 0 Å². The number of pyridine rings is 1. The minimum atomic E-state index is -0.709. The van der Waals surface area contributed by atoms with Crippen LogP contribution in [0.25, 0.3) is 17.1 Å². The van der Waals surface area contributed by atoms with Gasteiger partial charge in [-0.15, -0.1) is 0 Å². The molecular formula is C22H25N3O5. The second-order valence-electron chi connectivity index (χ2n) is 7.40. The van der Waals surface area contributed by atoms with Crippen LogP contribution in [-0.4, -0.2) is 48.1 Å². The Hall–Kier alpha value is -3.13. The molecule has 0 aromatic carbocycles. The third-order valence-electron chi connectivity index (χ3n) is 5.32. The number of ether oxygens (including phenoxy) is 3. The van der Waals surface area contributed by atoms with Crippen molar-refractivity contribution in [1.82, 2.24) is 15.3 Å². The maximum Gasteiger partial charge on any atom is 0.347 e. The summed E-state index contributed by atoms with van der Waals surface area (Å²) in [6.07, 6.45) is 10.4. The number of allylic oxidation sites excluding steroid dienone is 1. The lowest BCUT2D eigenvalue weighted by atomic mass is 9.95. The number of ketones is 1. The second-order valence-corrected chi connectivity index (χ2v) is 7.40. The van der Waals surface area contributed by atoms with Crippen LogP contribution in [0.4, 0.5) is 0 Å². The Bertz CT molecular complexity index is 1000. The van der Waals surface area contributed by atoms with Gasteiger partial charge < -0.3 is 24.5 Å². The topological polar surface area (TPSA) is 103 Å². The van der Waals surface area contributed by atoms with Crippen molar-refractivity contribution in [3.8, 4) is 0 Å². The van der Waals surface area contributed by atoms with E-state index in [9.17, 15) is 9.59 Å². The fourth-order valence-corrected chi connectivity index (χ4v) is 3.78. The molecule has 0 atom stereocenters. The van der Waals surface area contributed by atoms with Crippen LogP contribution in [0.3, 0.4) is 0 Å². The molecule has 4 rings (SSSR count). The molecule has 8 nitrogen and oxygen atoms in total. The smallest absolute Gasteiger partial charge is 0.347 e. The number of nitrogens with one attached hydrogen (secondary N) is 2. The first-order valence-electron chi connectivity index (χ1n) is 10.2. The van der Waals surface area contributed by atoms with E-state index in [2.05, 4.69) is 15.3 Å². The number of H-pyrrole nitrogens is 1. The summed E-state index contributed by atoms with van der Waals surface area (Å²) >= 11 is 0. The summed E-state index contributed by atoms with van der Waals surface area (Å²) in [6.45, 7) is 0.320. The van der Waals surface area contributed by atoms with Crippen LogP contribution >= 0.6 is 0 Å². The molecule has 3 heterocycles. The van der Waals surface area contributed by atoms with Gasteiger partial charge in [-0.25, -0.2) is 9.78 Å². The maximum atomic E-state index is 13.0. The number of hydrogen-bond donors (Lipinski definition) is 2. The molecule has 2 aromatic heterocycles. The number of carbonyl (C=O) groups is 2. The van der Waals surface area contributed by atoms with Crippen molar-refractivity contribution in [3.05, 3.63) is 47.3 Å². The van der Waals surface area contributed by atoms with Crippen molar-refractivity contribution in [2.45, 2.75) is 38.1 Å². The van der Waals surface area contributed by atoms with Gasteiger partial charge in [0, 0.05) is 36.5 Å². The monoisotopic (exact) mass is 411 g/mol. The SMILES string of the molecule is COCCOC(=O)C1=C(NC2CCCCC2)OC(=Cc2c[nH]c3ncccc23)C1=O. The van der Waals surface area contributed by atoms with Crippen molar-refractivity contribution >= 4 is 28.9 Å². The normalized spacial score (nSPS) is 18.8. The zero-order valence-corrected chi connectivity index (χ0v) is 16.9. The van der Waals surface area contributed by atoms with Gasteiger partial charge in [0.2, 0.25) is 11.7 Å². The average molecular weight is 411 g/mol. The number of fused-ring (bicyclic) bond motifs is 1. The summed E-state index contributed by atoms with van der Waals surface area (Å²) in [6, 6.07) is 3.89. The molecule has 0 amide bonds. The molecule has 1 saturated carbocycles. The molecule has 2 aliphatic rings. The zero-order valence-electron chi connectivity index (χ0n) is 16.9. The Balaban J connectivity index is 1.60. The Morgan fingerprint density at radius 1 is 1.33 bits per heavy atom. The lowest BCUT2D eigenvalue weighted by Crippen LogP contribution is -2.32. The number of methoxy groups -OCH3 is 1. The van der Waals surface area contributed by atoms with E-state index in [0.717, 1.165) is 36.6 Å². The summed E-state index contributed by atoms with van der Waals surface area (Å²) in [5.74, 6) is -0.941. The van der Waals surface area contributed by atoms with Gasteiger partial charge in [0.05, 0.1) is 6.61 Å². The summed E-state index contributed by atoms with van der Waals surface area (Å²) in [7, 11) is 1.52. The average Bonchev–Trinajstić information content (AvgIpc) is 3.30. The first-order valence-corrected chi connectivity index (χ1v) is 10.2. The fourth-order valence-electron chi connectivity index (χ4n) is 3.78. The molecule has 0 radical (unpaired) electrons. The van der Waals surface area contributed by atoms with E-state index in [1.165, 1.54) is 13.5 Å². The highest BCUT2D eigenvalue weighted by Crippen LogP contribution is 2.29. The molecule has 0 saturated heterocycles. The highest BCUT2D eigenvalue weighted by molar-refractivity contribution is 6.26. The Labute approximate surface area is 174 Å². The number of nitrogens with zero attached hydrogens (tertiary/aromatic N) is 1. The number of hydrogen-bond acceptors (Lipinski definition) is 7. The third kappa shape index (κ3) is 4.23. The highest BCUT2D eigenvalue weighted by atomic mass is 16.6. The molecule has 0 spiro atoms. The highest BCUT2D eigenvalue weighted by Gasteiger charge is 2.38. The Morgan fingerprint density at radius 3 is 2.97 bits per heavy atom. The second kappa shape index (κ2) is 9.13. The van der Waals surface area contributed by atoms with E-state index in [-0.39, 0.29) is 36.5 Å². The van der Waals surface area contributed by atoms with Gasteiger partial charge in [0.15, 0.2) is 11.3 Å². The Kier molecular flexibility index (Phi) is 6.13. The van der Waals surface area contributed by atoms with Gasteiger partial charge in [-0.05, 0) is 31.1 Å². The van der Waals surface area contributed by atoms with Gasteiger partial charge in [-0.1, -0.05) is 19.3 Å².